The molecular formula is C27H29FN6O. The number of nitrogens with zero attached hydrogens (tertiary/aromatic N) is 5. The number of ether oxygens (including phenoxy) is 1. The number of rotatable bonds is 5. The molecule has 0 radical (unpaired) electrons. The van der Waals surface area contributed by atoms with E-state index in [1.807, 2.05) is 42.5 Å². The Kier molecular flexibility index (Phi) is 5.91. The third kappa shape index (κ3) is 4.17. The largest absolute Gasteiger partial charge is 0.462 e. The van der Waals surface area contributed by atoms with Crippen LogP contribution in [0.2, 0.25) is 0 Å². The molecule has 0 saturated carbocycles. The van der Waals surface area contributed by atoms with Crippen molar-refractivity contribution in [1.29, 1.82) is 0 Å². The highest BCUT2D eigenvalue weighted by molar-refractivity contribution is 5.99. The van der Waals surface area contributed by atoms with E-state index in [1.54, 1.807) is 6.20 Å². The van der Waals surface area contributed by atoms with Crippen molar-refractivity contribution >= 4 is 27.5 Å². The van der Waals surface area contributed by atoms with Crippen LogP contribution in [0.15, 0.2) is 48.7 Å². The van der Waals surface area contributed by atoms with Gasteiger partial charge in [0.25, 0.3) is 0 Å². The van der Waals surface area contributed by atoms with Gasteiger partial charge in [0.2, 0.25) is 0 Å². The minimum Gasteiger partial charge on any atom is -0.462 e. The Hall–Kier alpha value is -3.36. The molecule has 8 heteroatoms. The Balaban J connectivity index is 1.46. The average molecular weight is 473 g/mol. The van der Waals surface area contributed by atoms with Crippen LogP contribution in [-0.4, -0.2) is 72.3 Å². The van der Waals surface area contributed by atoms with Gasteiger partial charge in [-0.3, -0.25) is 4.98 Å². The molecule has 1 atom stereocenters. The summed E-state index contributed by atoms with van der Waals surface area (Å²) in [6.07, 6.45) is 3.95. The zero-order chi connectivity index (χ0) is 23.8. The first-order valence-corrected chi connectivity index (χ1v) is 12.3. The SMILES string of the molecule is CN1CCC[C@H]1COc1nc(N2CCNCC2)c2cnc(-c3cccc4ccccc34)c(F)c2n1. The predicted molar refractivity (Wildman–Crippen MR) is 136 cm³/mol. The van der Waals surface area contributed by atoms with Gasteiger partial charge in [-0.25, -0.2) is 4.39 Å². The molecule has 35 heavy (non-hydrogen) atoms. The molecule has 4 aromatic rings. The second-order valence-corrected chi connectivity index (χ2v) is 9.36. The average Bonchev–Trinajstić information content (AvgIpc) is 3.32. The number of piperazine rings is 1. The topological polar surface area (TPSA) is 66.4 Å². The van der Waals surface area contributed by atoms with Crippen LogP contribution in [-0.2, 0) is 0 Å². The molecule has 7 nitrogen and oxygen atoms in total. The van der Waals surface area contributed by atoms with E-state index < -0.39 is 5.82 Å². The van der Waals surface area contributed by atoms with Crippen LogP contribution in [0.25, 0.3) is 32.9 Å². The van der Waals surface area contributed by atoms with Gasteiger partial charge in [-0.05, 0) is 37.2 Å². The first kappa shape index (κ1) is 22.1. The number of likely N-dealkylation sites (N-methyl/N-ethyl adjacent to an activating group) is 1. The monoisotopic (exact) mass is 472 g/mol. The normalized spacial score (nSPS) is 19.0. The van der Waals surface area contributed by atoms with Crippen LogP contribution in [0.5, 0.6) is 6.01 Å². The summed E-state index contributed by atoms with van der Waals surface area (Å²) in [5.74, 6) is 0.239. The summed E-state index contributed by atoms with van der Waals surface area (Å²) in [4.78, 5) is 18.4. The number of fused-ring (bicyclic) bond motifs is 2. The summed E-state index contributed by atoms with van der Waals surface area (Å²) in [6, 6.07) is 14.4. The van der Waals surface area contributed by atoms with Gasteiger partial charge in [0.05, 0.1) is 5.39 Å². The molecule has 0 spiro atoms. The van der Waals surface area contributed by atoms with E-state index in [-0.39, 0.29) is 11.5 Å². The van der Waals surface area contributed by atoms with Gasteiger partial charge in [0, 0.05) is 44.0 Å². The molecule has 2 aromatic heterocycles. The van der Waals surface area contributed by atoms with E-state index in [2.05, 4.69) is 32.1 Å². The molecule has 0 amide bonds. The third-order valence-electron chi connectivity index (χ3n) is 7.18. The Bertz CT molecular complexity index is 1370. The molecule has 0 bridgehead atoms. The van der Waals surface area contributed by atoms with Gasteiger partial charge in [0.15, 0.2) is 5.82 Å². The van der Waals surface area contributed by atoms with E-state index in [9.17, 15) is 0 Å². The van der Waals surface area contributed by atoms with Crippen LogP contribution >= 0.6 is 0 Å². The van der Waals surface area contributed by atoms with E-state index in [1.165, 1.54) is 0 Å². The molecule has 2 fully saturated rings. The zero-order valence-corrected chi connectivity index (χ0v) is 19.9. The first-order chi connectivity index (χ1) is 17.2. The van der Waals surface area contributed by atoms with Crippen LogP contribution in [0.4, 0.5) is 10.2 Å². The van der Waals surface area contributed by atoms with E-state index >= 15 is 4.39 Å². The van der Waals surface area contributed by atoms with Gasteiger partial charge < -0.3 is 19.9 Å². The molecule has 2 saturated heterocycles. The Morgan fingerprint density at radius 2 is 1.86 bits per heavy atom. The molecule has 2 aromatic carbocycles. The van der Waals surface area contributed by atoms with Crippen LogP contribution in [0.1, 0.15) is 12.8 Å². The molecule has 180 valence electrons. The maximum absolute atomic E-state index is 16.2. The number of hydrogen-bond acceptors (Lipinski definition) is 7. The highest BCUT2D eigenvalue weighted by Crippen LogP contribution is 2.34. The number of pyridine rings is 1. The number of halogens is 1. The maximum atomic E-state index is 16.2. The number of anilines is 1. The number of hydrogen-bond donors (Lipinski definition) is 1. The van der Waals surface area contributed by atoms with E-state index in [0.717, 1.165) is 61.9 Å². The second-order valence-electron chi connectivity index (χ2n) is 9.36. The fourth-order valence-electron chi connectivity index (χ4n) is 5.18. The number of benzene rings is 2. The van der Waals surface area contributed by atoms with Crippen molar-refractivity contribution in [2.45, 2.75) is 18.9 Å². The summed E-state index contributed by atoms with van der Waals surface area (Å²) < 4.78 is 22.2. The molecule has 4 heterocycles. The number of likely N-dealkylation sites (tertiary alicyclic amines) is 1. The first-order valence-electron chi connectivity index (χ1n) is 12.3. The van der Waals surface area contributed by atoms with Crippen molar-refractivity contribution < 1.29 is 9.13 Å². The summed E-state index contributed by atoms with van der Waals surface area (Å²) >= 11 is 0. The Morgan fingerprint density at radius 1 is 1.03 bits per heavy atom. The minimum absolute atomic E-state index is 0.223. The lowest BCUT2D eigenvalue weighted by Gasteiger charge is -2.29. The summed E-state index contributed by atoms with van der Waals surface area (Å²) in [6.45, 7) is 4.81. The maximum Gasteiger partial charge on any atom is 0.319 e. The lowest BCUT2D eigenvalue weighted by atomic mass is 10.0. The highest BCUT2D eigenvalue weighted by Gasteiger charge is 2.25. The van der Waals surface area contributed by atoms with Crippen molar-refractivity contribution in [3.63, 3.8) is 0 Å². The van der Waals surface area contributed by atoms with E-state index in [0.29, 0.717) is 29.5 Å². The minimum atomic E-state index is -0.444. The van der Waals surface area contributed by atoms with Gasteiger partial charge >= 0.3 is 6.01 Å². The standard InChI is InChI=1S/C27H29FN6O/c1-33-13-5-8-19(33)17-35-27-31-25-22(26(32-27)34-14-11-29-12-15-34)16-30-24(23(25)28)21-10-4-7-18-6-2-3-9-20(18)21/h2-4,6-7,9-10,16,19,29H,5,8,11-15,17H2,1H3/t19-/m0/s1. The van der Waals surface area contributed by atoms with Gasteiger partial charge in [0.1, 0.15) is 23.6 Å². The van der Waals surface area contributed by atoms with Gasteiger partial charge in [-0.2, -0.15) is 9.97 Å². The predicted octanol–water partition coefficient (Wildman–Crippen LogP) is 3.87. The molecule has 0 aliphatic carbocycles. The third-order valence-corrected chi connectivity index (χ3v) is 7.18. The van der Waals surface area contributed by atoms with Crippen LogP contribution in [0.3, 0.4) is 0 Å². The quantitative estimate of drug-likeness (QED) is 0.473. The molecule has 2 aliphatic heterocycles. The van der Waals surface area contributed by atoms with Crippen molar-refractivity contribution in [3.05, 3.63) is 54.5 Å². The van der Waals surface area contributed by atoms with Crippen LogP contribution < -0.4 is 15.0 Å². The van der Waals surface area contributed by atoms with Gasteiger partial charge in [-0.1, -0.05) is 42.5 Å². The van der Waals surface area contributed by atoms with Crippen molar-refractivity contribution in [2.75, 3.05) is 51.3 Å². The lowest BCUT2D eigenvalue weighted by Crippen LogP contribution is -2.44. The zero-order valence-electron chi connectivity index (χ0n) is 19.9. The number of aromatic nitrogens is 3. The Labute approximate surface area is 203 Å². The lowest BCUT2D eigenvalue weighted by molar-refractivity contribution is 0.188. The summed E-state index contributed by atoms with van der Waals surface area (Å²) in [7, 11) is 2.11. The summed E-state index contributed by atoms with van der Waals surface area (Å²) in [5.41, 5.74) is 1.29. The Morgan fingerprint density at radius 3 is 2.69 bits per heavy atom. The van der Waals surface area contributed by atoms with Gasteiger partial charge in [-0.15, -0.1) is 0 Å². The number of nitrogens with one attached hydrogen (secondary N) is 1. The molecule has 0 unspecified atom stereocenters. The highest BCUT2D eigenvalue weighted by atomic mass is 19.1. The molecule has 1 N–H and O–H groups in total. The van der Waals surface area contributed by atoms with Crippen LogP contribution in [0, 0.1) is 5.82 Å². The molecule has 2 aliphatic rings. The smallest absolute Gasteiger partial charge is 0.319 e. The molecular weight excluding hydrogens is 443 g/mol. The second kappa shape index (κ2) is 9.36. The van der Waals surface area contributed by atoms with Crippen molar-refractivity contribution in [1.82, 2.24) is 25.2 Å². The summed E-state index contributed by atoms with van der Waals surface area (Å²) in [5, 5.41) is 5.97. The van der Waals surface area contributed by atoms with Crippen molar-refractivity contribution in [2.24, 2.45) is 0 Å². The fourth-order valence-corrected chi connectivity index (χ4v) is 5.18. The van der Waals surface area contributed by atoms with Crippen molar-refractivity contribution in [3.8, 4) is 17.3 Å². The fraction of sp³-hybridized carbons (Fsp3) is 0.370. The molecule has 6 rings (SSSR count). The van der Waals surface area contributed by atoms with E-state index in [4.69, 9.17) is 9.72 Å².